The summed E-state index contributed by atoms with van der Waals surface area (Å²) in [4.78, 5) is 11.4. The Morgan fingerprint density at radius 2 is 1.68 bits per heavy atom. The van der Waals surface area contributed by atoms with Gasteiger partial charge in [-0.25, -0.2) is 0 Å². The van der Waals surface area contributed by atoms with Crippen molar-refractivity contribution < 1.29 is 9.90 Å². The Balaban J connectivity index is 2.59. The molecule has 3 heteroatoms. The van der Waals surface area contributed by atoms with Gasteiger partial charge in [0.1, 0.15) is 0 Å². The monoisotopic (exact) mass is 255 g/mol. The molecule has 1 unspecified atom stereocenters. The minimum atomic E-state index is -0.801. The standard InChI is InChI=1S/C16H17NO2/c1-2-11(16(18)19)12-7-3-4-8-13(12)14-9-5-6-10-15(14)17/h3-11H,2,17H2,1H3,(H,18,19). The van der Waals surface area contributed by atoms with Gasteiger partial charge < -0.3 is 10.8 Å². The fourth-order valence-corrected chi connectivity index (χ4v) is 2.32. The number of nitrogens with two attached hydrogens (primary N) is 1. The molecule has 0 aliphatic heterocycles. The first-order valence-electron chi connectivity index (χ1n) is 6.31. The summed E-state index contributed by atoms with van der Waals surface area (Å²) in [6.07, 6.45) is 0.555. The van der Waals surface area contributed by atoms with E-state index in [4.69, 9.17) is 5.73 Å². The quantitative estimate of drug-likeness (QED) is 0.822. The number of rotatable bonds is 4. The number of anilines is 1. The third-order valence-corrected chi connectivity index (χ3v) is 3.29. The molecule has 0 amide bonds. The Kier molecular flexibility index (Phi) is 3.85. The average Bonchev–Trinajstić information content (AvgIpc) is 2.40. The van der Waals surface area contributed by atoms with E-state index in [1.165, 1.54) is 0 Å². The second-order valence-electron chi connectivity index (χ2n) is 4.47. The Morgan fingerprint density at radius 3 is 2.26 bits per heavy atom. The van der Waals surface area contributed by atoms with Crippen LogP contribution in [0.1, 0.15) is 24.8 Å². The fourth-order valence-electron chi connectivity index (χ4n) is 2.32. The van der Waals surface area contributed by atoms with E-state index in [2.05, 4.69) is 0 Å². The van der Waals surface area contributed by atoms with Crippen molar-refractivity contribution in [1.82, 2.24) is 0 Å². The van der Waals surface area contributed by atoms with Gasteiger partial charge in [0.05, 0.1) is 5.92 Å². The van der Waals surface area contributed by atoms with Crippen molar-refractivity contribution in [2.75, 3.05) is 5.73 Å². The SMILES string of the molecule is CCC(C(=O)O)c1ccccc1-c1ccccc1N. The number of nitrogen functional groups attached to an aromatic ring is 1. The van der Waals surface area contributed by atoms with Crippen LogP contribution in [0.3, 0.4) is 0 Å². The van der Waals surface area contributed by atoms with Crippen molar-refractivity contribution in [2.24, 2.45) is 0 Å². The fraction of sp³-hybridized carbons (Fsp3) is 0.188. The summed E-state index contributed by atoms with van der Waals surface area (Å²) in [6.45, 7) is 1.88. The van der Waals surface area contributed by atoms with Crippen LogP contribution in [-0.4, -0.2) is 11.1 Å². The van der Waals surface area contributed by atoms with Crippen LogP contribution in [0, 0.1) is 0 Å². The summed E-state index contributed by atoms with van der Waals surface area (Å²) >= 11 is 0. The Morgan fingerprint density at radius 1 is 1.11 bits per heavy atom. The second kappa shape index (κ2) is 5.57. The van der Waals surface area contributed by atoms with E-state index in [1.807, 2.05) is 55.5 Å². The first-order valence-corrected chi connectivity index (χ1v) is 6.31. The first-order chi connectivity index (χ1) is 9.15. The van der Waals surface area contributed by atoms with E-state index < -0.39 is 11.9 Å². The van der Waals surface area contributed by atoms with Gasteiger partial charge in [-0.15, -0.1) is 0 Å². The molecule has 0 aliphatic carbocycles. The van der Waals surface area contributed by atoms with Gasteiger partial charge in [0.15, 0.2) is 0 Å². The molecule has 0 aromatic heterocycles. The minimum Gasteiger partial charge on any atom is -0.481 e. The third kappa shape index (κ3) is 2.60. The van der Waals surface area contributed by atoms with Gasteiger partial charge in [-0.05, 0) is 23.6 Å². The molecule has 0 spiro atoms. The predicted octanol–water partition coefficient (Wildman–Crippen LogP) is 3.51. The number of benzene rings is 2. The predicted molar refractivity (Wildman–Crippen MR) is 77.0 cm³/mol. The number of hydrogen-bond acceptors (Lipinski definition) is 2. The van der Waals surface area contributed by atoms with Crippen LogP contribution in [0.5, 0.6) is 0 Å². The highest BCUT2D eigenvalue weighted by atomic mass is 16.4. The van der Waals surface area contributed by atoms with Crippen LogP contribution >= 0.6 is 0 Å². The van der Waals surface area contributed by atoms with E-state index >= 15 is 0 Å². The number of para-hydroxylation sites is 1. The van der Waals surface area contributed by atoms with Gasteiger partial charge in [0.25, 0.3) is 0 Å². The maximum Gasteiger partial charge on any atom is 0.310 e. The average molecular weight is 255 g/mol. The minimum absolute atomic E-state index is 0.504. The number of carbonyl (C=O) groups is 1. The lowest BCUT2D eigenvalue weighted by Crippen LogP contribution is -2.11. The molecule has 2 aromatic carbocycles. The molecule has 2 aromatic rings. The lowest BCUT2D eigenvalue weighted by Gasteiger charge is -2.16. The number of aliphatic carboxylic acids is 1. The van der Waals surface area contributed by atoms with E-state index in [0.29, 0.717) is 12.1 Å². The zero-order valence-corrected chi connectivity index (χ0v) is 10.8. The summed E-state index contributed by atoms with van der Waals surface area (Å²) in [7, 11) is 0. The summed E-state index contributed by atoms with van der Waals surface area (Å²) in [5.74, 6) is -1.31. The summed E-state index contributed by atoms with van der Waals surface area (Å²) < 4.78 is 0. The molecule has 0 aliphatic rings. The molecule has 1 atom stereocenters. The van der Waals surface area contributed by atoms with Crippen LogP contribution in [0.4, 0.5) is 5.69 Å². The molecule has 0 saturated heterocycles. The highest BCUT2D eigenvalue weighted by Gasteiger charge is 2.21. The molecule has 0 heterocycles. The Bertz CT molecular complexity index is 593. The maximum atomic E-state index is 11.4. The molecule has 3 N–H and O–H groups in total. The molecule has 19 heavy (non-hydrogen) atoms. The second-order valence-corrected chi connectivity index (χ2v) is 4.47. The molecular weight excluding hydrogens is 238 g/mol. The van der Waals surface area contributed by atoms with Crippen molar-refractivity contribution in [3.05, 3.63) is 54.1 Å². The molecule has 0 radical (unpaired) electrons. The molecule has 2 rings (SSSR count). The normalized spacial score (nSPS) is 12.1. The smallest absolute Gasteiger partial charge is 0.310 e. The molecule has 3 nitrogen and oxygen atoms in total. The van der Waals surface area contributed by atoms with Gasteiger partial charge in [-0.1, -0.05) is 49.4 Å². The third-order valence-electron chi connectivity index (χ3n) is 3.29. The summed E-state index contributed by atoms with van der Waals surface area (Å²) in [6, 6.07) is 15.1. The maximum absolute atomic E-state index is 11.4. The van der Waals surface area contributed by atoms with E-state index in [-0.39, 0.29) is 0 Å². The molecule has 0 fully saturated rings. The Hall–Kier alpha value is -2.29. The zero-order chi connectivity index (χ0) is 13.8. The Labute approximate surface area is 112 Å². The largest absolute Gasteiger partial charge is 0.481 e. The van der Waals surface area contributed by atoms with Crippen LogP contribution in [0.15, 0.2) is 48.5 Å². The van der Waals surface area contributed by atoms with E-state index in [1.54, 1.807) is 0 Å². The first kappa shape index (κ1) is 13.1. The van der Waals surface area contributed by atoms with E-state index in [0.717, 1.165) is 16.7 Å². The molecular formula is C16H17NO2. The van der Waals surface area contributed by atoms with Crippen molar-refractivity contribution >= 4 is 11.7 Å². The molecule has 0 bridgehead atoms. The number of hydrogen-bond donors (Lipinski definition) is 2. The molecule has 98 valence electrons. The van der Waals surface area contributed by atoms with Crippen LogP contribution in [0.25, 0.3) is 11.1 Å². The topological polar surface area (TPSA) is 63.3 Å². The number of carboxylic acid groups (broad SMARTS) is 1. The van der Waals surface area contributed by atoms with Gasteiger partial charge in [-0.2, -0.15) is 0 Å². The molecule has 0 saturated carbocycles. The van der Waals surface area contributed by atoms with Crippen molar-refractivity contribution in [3.63, 3.8) is 0 Å². The van der Waals surface area contributed by atoms with Gasteiger partial charge >= 0.3 is 5.97 Å². The van der Waals surface area contributed by atoms with Crippen molar-refractivity contribution in [2.45, 2.75) is 19.3 Å². The van der Waals surface area contributed by atoms with Crippen molar-refractivity contribution in [3.8, 4) is 11.1 Å². The lowest BCUT2D eigenvalue weighted by molar-refractivity contribution is -0.138. The van der Waals surface area contributed by atoms with E-state index in [9.17, 15) is 9.90 Å². The number of carboxylic acids is 1. The van der Waals surface area contributed by atoms with Gasteiger partial charge in [0.2, 0.25) is 0 Å². The summed E-state index contributed by atoms with van der Waals surface area (Å²) in [5, 5.41) is 9.34. The highest BCUT2D eigenvalue weighted by Crippen LogP contribution is 2.34. The van der Waals surface area contributed by atoms with Crippen LogP contribution in [0.2, 0.25) is 0 Å². The van der Waals surface area contributed by atoms with Crippen LogP contribution in [-0.2, 0) is 4.79 Å². The lowest BCUT2D eigenvalue weighted by atomic mass is 9.88. The van der Waals surface area contributed by atoms with Crippen molar-refractivity contribution in [1.29, 1.82) is 0 Å². The van der Waals surface area contributed by atoms with Crippen LogP contribution < -0.4 is 5.73 Å². The van der Waals surface area contributed by atoms with Gasteiger partial charge in [0, 0.05) is 11.3 Å². The van der Waals surface area contributed by atoms with Gasteiger partial charge in [-0.3, -0.25) is 4.79 Å². The zero-order valence-electron chi connectivity index (χ0n) is 10.8. The summed E-state index contributed by atoms with van der Waals surface area (Å²) in [5.41, 5.74) is 9.25. The highest BCUT2D eigenvalue weighted by molar-refractivity contribution is 5.84.